The molecule has 2 radical (unpaired) electrons. The summed E-state index contributed by atoms with van der Waals surface area (Å²) in [4.78, 5) is 0. The summed E-state index contributed by atoms with van der Waals surface area (Å²) >= 11 is -12.0. The molecular weight excluding hydrogens is 775 g/mol. The van der Waals surface area contributed by atoms with Crippen LogP contribution in [0.25, 0.3) is 0 Å². The Kier molecular flexibility index (Phi) is 11.3. The zero-order valence-electron chi connectivity index (χ0n) is 7.91. The van der Waals surface area contributed by atoms with Crippen molar-refractivity contribution in [3.63, 3.8) is 0 Å². The first-order valence-corrected chi connectivity index (χ1v) is 17.7. The third-order valence-electron chi connectivity index (χ3n) is 0.730. The Hall–Kier alpha value is 3.36. The smallest absolute Gasteiger partial charge is 3.00 e. The summed E-state index contributed by atoms with van der Waals surface area (Å²) in [6.07, 6.45) is 0. The van der Waals surface area contributed by atoms with E-state index >= 15 is 0 Å². The fraction of sp³-hybridized carbons (Fsp3) is 0. The summed E-state index contributed by atoms with van der Waals surface area (Å²) in [5.41, 5.74) is 0. The van der Waals surface area contributed by atoms with Gasteiger partial charge in [0.15, 0.2) is 0 Å². The molecule has 0 amide bonds. The second-order valence-corrected chi connectivity index (χ2v) is 18.6. The van der Waals surface area contributed by atoms with Gasteiger partial charge in [-0.05, 0) is 0 Å². The fourth-order valence-electron chi connectivity index (χ4n) is 0.240. The van der Waals surface area contributed by atoms with E-state index in [9.17, 15) is 19.2 Å². The largest absolute Gasteiger partial charge is 3.00 e. The van der Waals surface area contributed by atoms with Crippen molar-refractivity contribution in [3.05, 3.63) is 0 Å². The molecule has 0 unspecified atom stereocenters. The normalized spacial score (nSPS) is 27.3. The van der Waals surface area contributed by atoms with Gasteiger partial charge in [0.05, 0.1) is 0 Å². The zero-order valence-corrected chi connectivity index (χ0v) is 20.6. The number of hydrogen-bond acceptors (Lipinski definition) is 15. The van der Waals surface area contributed by atoms with Crippen LogP contribution in [0.3, 0.4) is 0 Å². The molecule has 3 aliphatic rings. The van der Waals surface area contributed by atoms with E-state index in [0.29, 0.717) is 37.0 Å². The first-order valence-electron chi connectivity index (χ1n) is 3.19. The molecule has 3 rings (SSSR count). The second-order valence-electron chi connectivity index (χ2n) is 1.99. The summed E-state index contributed by atoms with van der Waals surface area (Å²) in [5, 5.41) is 0. The quantitative estimate of drug-likeness (QED) is 0.172. The minimum absolute atomic E-state index is 0. The summed E-state index contributed by atoms with van der Waals surface area (Å²) in [7, 11) is 0. The van der Waals surface area contributed by atoms with E-state index in [1.807, 2.05) is 0 Å². The second kappa shape index (κ2) is 9.61. The van der Waals surface area contributed by atoms with E-state index in [2.05, 4.69) is 14.8 Å². The van der Waals surface area contributed by atoms with Crippen molar-refractivity contribution >= 4 is 122 Å². The third kappa shape index (κ3) is 10.7. The Balaban J connectivity index is 0.000000249. The van der Waals surface area contributed by atoms with Gasteiger partial charge in [-0.3, -0.25) is 0 Å². The van der Waals surface area contributed by atoms with Crippen molar-refractivity contribution in [2.75, 3.05) is 0 Å². The molecule has 110 valence electrons. The average molecular weight is 775 g/mol. The first-order chi connectivity index (χ1) is 8.12. The molecule has 3 fully saturated rings. The monoisotopic (exact) mass is 771 g/mol. The fourth-order valence-corrected chi connectivity index (χ4v) is 4.84. The van der Waals surface area contributed by atoms with Crippen LogP contribution in [-0.4, -0.2) is 84.6 Å². The van der Waals surface area contributed by atoms with Crippen LogP contribution >= 0.6 is 37.0 Å². The molecule has 19 heavy (non-hydrogen) atoms. The van der Waals surface area contributed by atoms with Crippen LogP contribution in [0.5, 0.6) is 0 Å². The van der Waals surface area contributed by atoms with Crippen LogP contribution in [-0.2, 0) is 23.8 Å². The molecule has 0 aromatic carbocycles. The molecule has 0 aromatic rings. The van der Waals surface area contributed by atoms with Crippen LogP contribution in [0.1, 0.15) is 0 Å². The molecule has 0 N–H and O–H groups in total. The van der Waals surface area contributed by atoms with Gasteiger partial charge >= 0.3 is 156 Å². The summed E-state index contributed by atoms with van der Waals surface area (Å²) < 4.78 is 81.8. The molecule has 0 atom stereocenters. The zero-order chi connectivity index (χ0) is 13.9. The predicted molar refractivity (Wildman–Crippen MR) is 54.4 cm³/mol. The molecule has 0 aliphatic carbocycles. The Labute approximate surface area is 153 Å². The topological polar surface area (TPSA) is 176 Å². The molecule has 0 spiro atoms. The third-order valence-corrected chi connectivity index (χ3v) is 14.7. The van der Waals surface area contributed by atoms with Gasteiger partial charge in [0.2, 0.25) is 0 Å². The standard InChI is InChI=1S/3H2O2S.6O.4Sb/c3*1-3-2;;;;;;;;;;/h3*1-2H;;;;;;;;;;/q;;;;;;3*-1;3*+2;+3/p-6. The minimum atomic E-state index is -4.50. The first kappa shape index (κ1) is 22.4. The molecule has 0 bridgehead atoms. The Morgan fingerprint density at radius 1 is 0.579 bits per heavy atom. The van der Waals surface area contributed by atoms with E-state index in [1.165, 1.54) is 0 Å². The van der Waals surface area contributed by atoms with Gasteiger partial charge in [0, 0.05) is 0 Å². The summed E-state index contributed by atoms with van der Waals surface area (Å²) in [6, 6.07) is 0. The van der Waals surface area contributed by atoms with Crippen LogP contribution in [0.2, 0.25) is 0 Å². The van der Waals surface area contributed by atoms with Gasteiger partial charge in [-0.1, -0.05) is 0 Å². The van der Waals surface area contributed by atoms with Crippen LogP contribution in [0.15, 0.2) is 0 Å². The maximum atomic E-state index is 9.74. The van der Waals surface area contributed by atoms with Gasteiger partial charge in [-0.25, -0.2) is 0 Å². The van der Waals surface area contributed by atoms with Gasteiger partial charge in [0.25, 0.3) is 0 Å². The summed E-state index contributed by atoms with van der Waals surface area (Å²) in [5.74, 6) is 0. The number of hydrogen-bond donors (Lipinski definition) is 0. The molecule has 19 heteroatoms. The van der Waals surface area contributed by atoms with E-state index < -0.39 is 60.2 Å². The van der Waals surface area contributed by atoms with Crippen LogP contribution in [0.4, 0.5) is 0 Å². The maximum Gasteiger partial charge on any atom is 3.00 e. The van der Waals surface area contributed by atoms with Gasteiger partial charge in [0.1, 0.15) is 0 Å². The van der Waals surface area contributed by atoms with Gasteiger partial charge in [-0.15, -0.1) is 0 Å². The Morgan fingerprint density at radius 3 is 0.684 bits per heavy atom. The van der Waals surface area contributed by atoms with Crippen molar-refractivity contribution in [1.82, 2.24) is 0 Å². The minimum Gasteiger partial charge on any atom is 3.00 e. The van der Waals surface area contributed by atoms with Gasteiger partial charge < -0.3 is 0 Å². The van der Waals surface area contributed by atoms with Crippen molar-refractivity contribution in [3.8, 4) is 0 Å². The van der Waals surface area contributed by atoms with Crippen molar-refractivity contribution in [2.24, 2.45) is 0 Å². The Bertz CT molecular complexity index is 333. The van der Waals surface area contributed by atoms with E-state index in [1.54, 1.807) is 0 Å². The van der Waals surface area contributed by atoms with E-state index in [4.69, 9.17) is 0 Å². The van der Waals surface area contributed by atoms with Crippen LogP contribution in [0, 0.1) is 0 Å². The molecule has 0 saturated carbocycles. The average Bonchev–Trinajstić information content (AvgIpc) is 2.13. The van der Waals surface area contributed by atoms with E-state index in [-0.39, 0.29) is 24.4 Å². The molecule has 3 heterocycles. The van der Waals surface area contributed by atoms with Gasteiger partial charge in [-0.2, -0.15) is 0 Å². The van der Waals surface area contributed by atoms with Crippen molar-refractivity contribution in [1.29, 1.82) is 0 Å². The predicted octanol–water partition coefficient (Wildman–Crippen LogP) is -3.91. The van der Waals surface area contributed by atoms with Crippen LogP contribution < -0.4 is 10.2 Å². The molecule has 3 aliphatic heterocycles. The molecule has 0 aromatic heterocycles. The Morgan fingerprint density at radius 2 is 0.684 bits per heavy atom. The van der Waals surface area contributed by atoms with E-state index in [0.717, 1.165) is 0 Å². The molecule has 3 saturated heterocycles. The van der Waals surface area contributed by atoms with Crippen molar-refractivity contribution in [2.45, 2.75) is 0 Å². The molecule has 12 nitrogen and oxygen atoms in total. The summed E-state index contributed by atoms with van der Waals surface area (Å²) in [6.45, 7) is 0. The number of rotatable bonds is 0. The van der Waals surface area contributed by atoms with Crippen molar-refractivity contribution < 1.29 is 34.0 Å². The SMILES string of the molecule is [O]=[Sb]1([O-])[O]S[O]1.[O]=[Sb]1([O-])[O]S[O]1.[O]=[Sb]1([O-])[O]S[O]1.[Sb+3]. The maximum absolute atomic E-state index is 9.74. The molecular formula is O12S3Sb4.